The zero-order chi connectivity index (χ0) is 20.7. The lowest BCUT2D eigenvalue weighted by atomic mass is 9.91. The third-order valence-corrected chi connectivity index (χ3v) is 5.27. The summed E-state index contributed by atoms with van der Waals surface area (Å²) in [6.07, 6.45) is 0. The third-order valence-electron chi connectivity index (χ3n) is 5.27. The summed E-state index contributed by atoms with van der Waals surface area (Å²) >= 11 is 0. The SMILES string of the molecule is C=c1ccc2c(c1)Oc1cc(N(C)C)ccc1C=2c1ccc(C(=O)C(C)C)cc1. The maximum Gasteiger partial charge on any atom is 0.165 e. The minimum absolute atomic E-state index is 0.0158. The van der Waals surface area contributed by atoms with E-state index in [2.05, 4.69) is 35.7 Å². The molecule has 0 atom stereocenters. The van der Waals surface area contributed by atoms with Gasteiger partial charge in [0.1, 0.15) is 11.5 Å². The number of Topliss-reactive ketones (excluding diaryl/α,β-unsaturated/α-hetero) is 1. The second-order valence-electron chi connectivity index (χ2n) is 7.98. The van der Waals surface area contributed by atoms with Gasteiger partial charge in [-0.1, -0.05) is 56.8 Å². The lowest BCUT2D eigenvalue weighted by molar-refractivity contribution is 0.0939. The highest BCUT2D eigenvalue weighted by Crippen LogP contribution is 2.38. The van der Waals surface area contributed by atoms with Crippen LogP contribution in [0.15, 0.2) is 60.7 Å². The Labute approximate surface area is 171 Å². The van der Waals surface area contributed by atoms with E-state index in [4.69, 9.17) is 4.74 Å². The Bertz CT molecular complexity index is 1200. The van der Waals surface area contributed by atoms with E-state index in [1.54, 1.807) is 0 Å². The molecule has 0 spiro atoms. The van der Waals surface area contributed by atoms with E-state index in [1.165, 1.54) is 0 Å². The van der Waals surface area contributed by atoms with Crippen LogP contribution >= 0.6 is 0 Å². The van der Waals surface area contributed by atoms with Crippen LogP contribution in [0.2, 0.25) is 0 Å². The van der Waals surface area contributed by atoms with Crippen LogP contribution in [0.4, 0.5) is 5.69 Å². The lowest BCUT2D eigenvalue weighted by Crippen LogP contribution is -2.20. The molecule has 0 N–H and O–H groups in total. The molecule has 3 aromatic carbocycles. The van der Waals surface area contributed by atoms with Gasteiger partial charge in [0.15, 0.2) is 5.78 Å². The fourth-order valence-electron chi connectivity index (χ4n) is 3.65. The number of nitrogens with zero attached hydrogens (tertiary/aromatic N) is 1. The van der Waals surface area contributed by atoms with E-state index in [0.29, 0.717) is 0 Å². The first-order chi connectivity index (χ1) is 13.8. The zero-order valence-corrected chi connectivity index (χ0v) is 17.3. The zero-order valence-electron chi connectivity index (χ0n) is 17.3. The van der Waals surface area contributed by atoms with Crippen molar-refractivity contribution in [2.24, 2.45) is 5.92 Å². The van der Waals surface area contributed by atoms with Gasteiger partial charge in [-0.05, 0) is 29.0 Å². The van der Waals surface area contributed by atoms with Gasteiger partial charge in [-0.25, -0.2) is 0 Å². The van der Waals surface area contributed by atoms with Crippen LogP contribution in [0.1, 0.15) is 35.3 Å². The normalized spacial score (nSPS) is 12.2. The van der Waals surface area contributed by atoms with E-state index in [-0.39, 0.29) is 11.7 Å². The maximum atomic E-state index is 12.3. The number of hydrogen-bond acceptors (Lipinski definition) is 3. The van der Waals surface area contributed by atoms with Crippen molar-refractivity contribution in [2.75, 3.05) is 19.0 Å². The molecule has 1 aliphatic heterocycles. The van der Waals surface area contributed by atoms with Gasteiger partial charge < -0.3 is 9.64 Å². The van der Waals surface area contributed by atoms with Crippen molar-refractivity contribution < 1.29 is 9.53 Å². The van der Waals surface area contributed by atoms with Crippen LogP contribution in [0.25, 0.3) is 12.2 Å². The largest absolute Gasteiger partial charge is 0.456 e. The van der Waals surface area contributed by atoms with E-state index in [9.17, 15) is 4.79 Å². The first-order valence-electron chi connectivity index (χ1n) is 9.82. The number of carbonyl (C=O) groups excluding carboxylic acids is 1. The number of ether oxygens (including phenoxy) is 1. The van der Waals surface area contributed by atoms with Gasteiger partial charge in [0.05, 0.1) is 0 Å². The Morgan fingerprint density at radius 2 is 1.66 bits per heavy atom. The Balaban J connectivity index is 1.93. The fourth-order valence-corrected chi connectivity index (χ4v) is 3.65. The topological polar surface area (TPSA) is 29.5 Å². The van der Waals surface area contributed by atoms with Crippen molar-refractivity contribution >= 4 is 23.6 Å². The van der Waals surface area contributed by atoms with Crippen LogP contribution in [-0.2, 0) is 0 Å². The van der Waals surface area contributed by atoms with Crippen LogP contribution < -0.4 is 20.1 Å². The molecule has 0 radical (unpaired) electrons. The smallest absolute Gasteiger partial charge is 0.165 e. The number of carbonyl (C=O) groups is 1. The molecule has 0 aromatic heterocycles. The maximum absolute atomic E-state index is 12.3. The standard InChI is InChI=1S/C26H25NO2/c1-16(2)26(28)19-9-7-18(8-10-19)25-21-12-6-17(3)14-23(21)29-24-15-20(27(4)5)11-13-22(24)25/h6-16H,3H2,1-2,4-5H3. The molecule has 1 aliphatic rings. The van der Waals surface area contributed by atoms with Gasteiger partial charge >= 0.3 is 0 Å². The lowest BCUT2D eigenvalue weighted by Gasteiger charge is -2.23. The average molecular weight is 383 g/mol. The quantitative estimate of drug-likeness (QED) is 0.491. The summed E-state index contributed by atoms with van der Waals surface area (Å²) in [6, 6.07) is 20.2. The first-order valence-corrected chi connectivity index (χ1v) is 9.82. The Hall–Kier alpha value is -3.33. The minimum atomic E-state index is -0.0158. The third kappa shape index (κ3) is 3.44. The Kier molecular flexibility index (Phi) is 4.75. The molecular formula is C26H25NO2. The summed E-state index contributed by atoms with van der Waals surface area (Å²) in [5.41, 5.74) is 5.03. The molecule has 1 heterocycles. The molecule has 0 aliphatic carbocycles. The van der Waals surface area contributed by atoms with Crippen LogP contribution in [0.5, 0.6) is 11.5 Å². The van der Waals surface area contributed by atoms with Crippen molar-refractivity contribution in [3.63, 3.8) is 0 Å². The number of anilines is 1. The molecule has 3 nitrogen and oxygen atoms in total. The van der Waals surface area contributed by atoms with E-state index >= 15 is 0 Å². The summed E-state index contributed by atoms with van der Waals surface area (Å²) < 4.78 is 6.25. The van der Waals surface area contributed by atoms with E-state index < -0.39 is 0 Å². The second-order valence-corrected chi connectivity index (χ2v) is 7.98. The van der Waals surface area contributed by atoms with Gasteiger partial charge in [0.2, 0.25) is 0 Å². The molecule has 3 aromatic rings. The molecule has 0 amide bonds. The molecule has 0 bridgehead atoms. The molecule has 3 heteroatoms. The predicted octanol–water partition coefficient (Wildman–Crippen LogP) is 4.35. The minimum Gasteiger partial charge on any atom is -0.456 e. The summed E-state index contributed by atoms with van der Waals surface area (Å²) in [5, 5.41) is 1.94. The van der Waals surface area contributed by atoms with Crippen molar-refractivity contribution in [1.29, 1.82) is 0 Å². The van der Waals surface area contributed by atoms with Gasteiger partial charge in [0.25, 0.3) is 0 Å². The summed E-state index contributed by atoms with van der Waals surface area (Å²) in [6.45, 7) is 7.89. The number of hydrogen-bond donors (Lipinski definition) is 0. The average Bonchev–Trinajstić information content (AvgIpc) is 2.71. The molecule has 0 fully saturated rings. The fraction of sp³-hybridized carbons (Fsp3) is 0.192. The predicted molar refractivity (Wildman–Crippen MR) is 119 cm³/mol. The monoisotopic (exact) mass is 383 g/mol. The van der Waals surface area contributed by atoms with Crippen molar-refractivity contribution in [1.82, 2.24) is 0 Å². The van der Waals surface area contributed by atoms with Crippen molar-refractivity contribution in [3.8, 4) is 11.5 Å². The second kappa shape index (κ2) is 7.25. The van der Waals surface area contributed by atoms with E-state index in [1.807, 2.05) is 64.3 Å². The molecule has 146 valence electrons. The Morgan fingerprint density at radius 1 is 0.931 bits per heavy atom. The van der Waals surface area contributed by atoms with Gasteiger partial charge in [-0.15, -0.1) is 0 Å². The van der Waals surface area contributed by atoms with Gasteiger partial charge in [0, 0.05) is 53.7 Å². The number of ketones is 1. The molecule has 0 unspecified atom stereocenters. The summed E-state index contributed by atoms with van der Waals surface area (Å²) in [4.78, 5) is 14.4. The molecule has 0 saturated heterocycles. The highest BCUT2D eigenvalue weighted by Gasteiger charge is 2.21. The van der Waals surface area contributed by atoms with E-state index in [0.717, 1.165) is 49.9 Å². The first kappa shape index (κ1) is 19.0. The molecule has 4 rings (SSSR count). The summed E-state index contributed by atoms with van der Waals surface area (Å²) in [7, 11) is 4.03. The number of fused-ring (bicyclic) bond motifs is 2. The van der Waals surface area contributed by atoms with Crippen molar-refractivity contribution in [2.45, 2.75) is 13.8 Å². The highest BCUT2D eigenvalue weighted by molar-refractivity contribution is 5.98. The van der Waals surface area contributed by atoms with Gasteiger partial charge in [-0.2, -0.15) is 0 Å². The molecule has 29 heavy (non-hydrogen) atoms. The number of rotatable bonds is 4. The van der Waals surface area contributed by atoms with Crippen LogP contribution in [0, 0.1) is 5.92 Å². The number of benzene rings is 3. The molecule has 0 saturated carbocycles. The van der Waals surface area contributed by atoms with Crippen LogP contribution in [0.3, 0.4) is 0 Å². The highest BCUT2D eigenvalue weighted by atomic mass is 16.5. The van der Waals surface area contributed by atoms with Crippen LogP contribution in [-0.4, -0.2) is 19.9 Å². The van der Waals surface area contributed by atoms with Gasteiger partial charge in [-0.3, -0.25) is 4.79 Å². The molecular weight excluding hydrogens is 358 g/mol. The summed E-state index contributed by atoms with van der Waals surface area (Å²) in [5.74, 6) is 1.77. The van der Waals surface area contributed by atoms with Crippen molar-refractivity contribution in [3.05, 3.63) is 87.8 Å². The Morgan fingerprint density at radius 3 is 2.31 bits per heavy atom.